The quantitative estimate of drug-likeness (QED) is 0.640. The number of carbonyl (C=O) groups excluding carboxylic acids is 2. The number of hydrogen-bond acceptors (Lipinski definition) is 5. The average Bonchev–Trinajstić information content (AvgIpc) is 2.26. The van der Waals surface area contributed by atoms with Gasteiger partial charge in [0, 0.05) is 6.42 Å². The molecule has 0 fully saturated rings. The first kappa shape index (κ1) is 14.4. The molecule has 0 aromatic carbocycles. The van der Waals surface area contributed by atoms with Crippen LogP contribution in [0.3, 0.4) is 0 Å². The van der Waals surface area contributed by atoms with Crippen molar-refractivity contribution in [3.63, 3.8) is 0 Å². The SMILES string of the molecule is CCOC(=O)CC[C@@](F)(C#N)C(=O)OCC. The first-order chi connectivity index (χ1) is 7.50. The Morgan fingerprint density at radius 2 is 1.88 bits per heavy atom. The predicted octanol–water partition coefficient (Wildman–Crippen LogP) is 1.12. The van der Waals surface area contributed by atoms with E-state index in [-0.39, 0.29) is 19.6 Å². The summed E-state index contributed by atoms with van der Waals surface area (Å²) >= 11 is 0. The minimum atomic E-state index is -2.78. The van der Waals surface area contributed by atoms with E-state index in [4.69, 9.17) is 5.26 Å². The van der Waals surface area contributed by atoms with Gasteiger partial charge in [-0.3, -0.25) is 4.79 Å². The molecule has 0 heterocycles. The Labute approximate surface area is 93.1 Å². The van der Waals surface area contributed by atoms with Gasteiger partial charge in [-0.05, 0) is 13.8 Å². The van der Waals surface area contributed by atoms with Gasteiger partial charge in [0.15, 0.2) is 0 Å². The smallest absolute Gasteiger partial charge is 0.358 e. The van der Waals surface area contributed by atoms with Crippen molar-refractivity contribution in [3.8, 4) is 6.07 Å². The summed E-state index contributed by atoms with van der Waals surface area (Å²) < 4.78 is 22.6. The molecular formula is C10H14FNO4. The van der Waals surface area contributed by atoms with Crippen molar-refractivity contribution in [1.82, 2.24) is 0 Å². The van der Waals surface area contributed by atoms with E-state index in [0.29, 0.717) is 0 Å². The van der Waals surface area contributed by atoms with E-state index in [9.17, 15) is 14.0 Å². The number of esters is 2. The summed E-state index contributed by atoms with van der Waals surface area (Å²) in [7, 11) is 0. The van der Waals surface area contributed by atoms with Crippen molar-refractivity contribution in [3.05, 3.63) is 0 Å². The molecule has 0 amide bonds. The Morgan fingerprint density at radius 3 is 2.31 bits per heavy atom. The zero-order chi connectivity index (χ0) is 12.6. The minimum absolute atomic E-state index is 0.0222. The van der Waals surface area contributed by atoms with Crippen LogP contribution in [-0.2, 0) is 19.1 Å². The summed E-state index contributed by atoms with van der Waals surface area (Å²) in [5, 5.41) is 8.55. The monoisotopic (exact) mass is 231 g/mol. The fourth-order valence-electron chi connectivity index (χ4n) is 0.957. The normalized spacial score (nSPS) is 13.4. The van der Waals surface area contributed by atoms with Gasteiger partial charge >= 0.3 is 11.9 Å². The van der Waals surface area contributed by atoms with Crippen LogP contribution in [0.15, 0.2) is 0 Å². The van der Waals surface area contributed by atoms with Crippen molar-refractivity contribution in [2.75, 3.05) is 13.2 Å². The molecule has 0 aromatic rings. The van der Waals surface area contributed by atoms with Crippen LogP contribution in [0.5, 0.6) is 0 Å². The lowest BCUT2D eigenvalue weighted by molar-refractivity contribution is -0.154. The van der Waals surface area contributed by atoms with Gasteiger partial charge in [-0.15, -0.1) is 0 Å². The number of ether oxygens (including phenoxy) is 2. The van der Waals surface area contributed by atoms with Gasteiger partial charge in [-0.25, -0.2) is 9.18 Å². The lowest BCUT2D eigenvalue weighted by Gasteiger charge is -2.14. The summed E-state index contributed by atoms with van der Waals surface area (Å²) in [5.74, 6) is -1.91. The van der Waals surface area contributed by atoms with Crippen LogP contribution >= 0.6 is 0 Å². The third-order valence-corrected chi connectivity index (χ3v) is 1.76. The molecule has 5 nitrogen and oxygen atoms in total. The van der Waals surface area contributed by atoms with E-state index in [0.717, 1.165) is 0 Å². The Kier molecular flexibility index (Phi) is 6.08. The van der Waals surface area contributed by atoms with Crippen LogP contribution in [0.25, 0.3) is 0 Å². The summed E-state index contributed by atoms with van der Waals surface area (Å²) in [5.41, 5.74) is -2.78. The highest BCUT2D eigenvalue weighted by Crippen LogP contribution is 2.20. The summed E-state index contributed by atoms with van der Waals surface area (Å²) in [6.45, 7) is 3.26. The summed E-state index contributed by atoms with van der Waals surface area (Å²) in [4.78, 5) is 22.0. The van der Waals surface area contributed by atoms with Crippen LogP contribution in [0.1, 0.15) is 26.7 Å². The Bertz CT molecular complexity index is 300. The largest absolute Gasteiger partial charge is 0.466 e. The predicted molar refractivity (Wildman–Crippen MR) is 52.0 cm³/mol. The summed E-state index contributed by atoms with van der Waals surface area (Å²) in [6, 6.07) is 1.21. The van der Waals surface area contributed by atoms with Crippen LogP contribution in [-0.4, -0.2) is 30.8 Å². The Hall–Kier alpha value is -1.64. The highest BCUT2D eigenvalue weighted by molar-refractivity contribution is 5.83. The van der Waals surface area contributed by atoms with Crippen LogP contribution < -0.4 is 0 Å². The molecule has 0 aliphatic heterocycles. The second-order valence-corrected chi connectivity index (χ2v) is 2.94. The van der Waals surface area contributed by atoms with E-state index in [1.165, 1.54) is 13.0 Å². The standard InChI is InChI=1S/C10H14FNO4/c1-3-15-8(13)5-6-10(11,7-12)9(14)16-4-2/h3-6H2,1-2H3/t10-/m1/s1. The third kappa shape index (κ3) is 4.26. The molecule has 0 spiro atoms. The molecule has 0 bridgehead atoms. The molecule has 0 N–H and O–H groups in total. The molecule has 0 saturated heterocycles. The van der Waals surface area contributed by atoms with Gasteiger partial charge in [0.2, 0.25) is 0 Å². The lowest BCUT2D eigenvalue weighted by Crippen LogP contribution is -2.34. The maximum Gasteiger partial charge on any atom is 0.358 e. The maximum absolute atomic E-state index is 13.7. The summed E-state index contributed by atoms with van der Waals surface area (Å²) in [6.07, 6.45) is -0.891. The van der Waals surface area contributed by atoms with Gasteiger partial charge in [0.25, 0.3) is 5.67 Å². The van der Waals surface area contributed by atoms with Crippen LogP contribution in [0.2, 0.25) is 0 Å². The number of alkyl halides is 1. The minimum Gasteiger partial charge on any atom is -0.466 e. The van der Waals surface area contributed by atoms with E-state index in [1.54, 1.807) is 6.92 Å². The van der Waals surface area contributed by atoms with Gasteiger partial charge in [0.05, 0.1) is 19.6 Å². The van der Waals surface area contributed by atoms with Gasteiger partial charge in [0.1, 0.15) is 6.07 Å². The van der Waals surface area contributed by atoms with E-state index < -0.39 is 24.0 Å². The van der Waals surface area contributed by atoms with Gasteiger partial charge in [-0.1, -0.05) is 0 Å². The molecule has 0 saturated carbocycles. The molecule has 0 unspecified atom stereocenters. The molecule has 0 aliphatic carbocycles. The van der Waals surface area contributed by atoms with Crippen molar-refractivity contribution >= 4 is 11.9 Å². The van der Waals surface area contributed by atoms with Crippen LogP contribution in [0, 0.1) is 11.3 Å². The fourth-order valence-corrected chi connectivity index (χ4v) is 0.957. The van der Waals surface area contributed by atoms with Crippen molar-refractivity contribution in [2.24, 2.45) is 0 Å². The first-order valence-electron chi connectivity index (χ1n) is 4.93. The highest BCUT2D eigenvalue weighted by atomic mass is 19.1. The Balaban J connectivity index is 4.33. The van der Waals surface area contributed by atoms with Gasteiger partial charge in [-0.2, -0.15) is 5.26 Å². The second kappa shape index (κ2) is 6.77. The Morgan fingerprint density at radius 1 is 1.31 bits per heavy atom. The third-order valence-electron chi connectivity index (χ3n) is 1.76. The zero-order valence-corrected chi connectivity index (χ0v) is 9.29. The van der Waals surface area contributed by atoms with Crippen molar-refractivity contribution in [1.29, 1.82) is 5.26 Å². The zero-order valence-electron chi connectivity index (χ0n) is 9.29. The maximum atomic E-state index is 13.7. The highest BCUT2D eigenvalue weighted by Gasteiger charge is 2.41. The van der Waals surface area contributed by atoms with Gasteiger partial charge < -0.3 is 9.47 Å². The van der Waals surface area contributed by atoms with Crippen LogP contribution in [0.4, 0.5) is 4.39 Å². The molecule has 0 rings (SSSR count). The molecule has 0 aromatic heterocycles. The number of nitriles is 1. The molecule has 0 aliphatic rings. The number of hydrogen-bond donors (Lipinski definition) is 0. The number of carbonyl (C=O) groups is 2. The number of halogens is 1. The lowest BCUT2D eigenvalue weighted by atomic mass is 10.0. The second-order valence-electron chi connectivity index (χ2n) is 2.94. The molecule has 90 valence electrons. The van der Waals surface area contributed by atoms with Crippen molar-refractivity contribution < 1.29 is 23.5 Å². The van der Waals surface area contributed by atoms with E-state index in [1.807, 2.05) is 0 Å². The topological polar surface area (TPSA) is 76.4 Å². The number of rotatable bonds is 6. The molecule has 1 atom stereocenters. The van der Waals surface area contributed by atoms with E-state index in [2.05, 4.69) is 9.47 Å². The fraction of sp³-hybridized carbons (Fsp3) is 0.700. The first-order valence-corrected chi connectivity index (χ1v) is 4.93. The molecule has 16 heavy (non-hydrogen) atoms. The number of nitrogens with zero attached hydrogens (tertiary/aromatic N) is 1. The van der Waals surface area contributed by atoms with Crippen molar-refractivity contribution in [2.45, 2.75) is 32.4 Å². The average molecular weight is 231 g/mol. The molecule has 0 radical (unpaired) electrons. The van der Waals surface area contributed by atoms with E-state index >= 15 is 0 Å². The molecular weight excluding hydrogens is 217 g/mol. The molecule has 6 heteroatoms.